The van der Waals surface area contributed by atoms with Crippen LogP contribution in [0.3, 0.4) is 0 Å². The van der Waals surface area contributed by atoms with Crippen LogP contribution in [-0.2, 0) is 18.2 Å². The molecule has 2 aliphatic rings. The van der Waals surface area contributed by atoms with Crippen LogP contribution in [0.4, 0.5) is 26.8 Å². The SMILES string of the molecule is COc1nc2nn(C)cc2cc1NC(=O)N1CCc2c(N3CCN(C(=O)OC(C)(C)C)[C@@H](C)C3)cc(C)nc21. The number of methoxy groups -OCH3 is 1. The topological polar surface area (TPSA) is 118 Å². The molecule has 0 bridgehead atoms. The van der Waals surface area contributed by atoms with Gasteiger partial charge in [0, 0.05) is 67.8 Å². The Labute approximate surface area is 227 Å². The second kappa shape index (κ2) is 9.90. The van der Waals surface area contributed by atoms with Crippen molar-refractivity contribution in [3.63, 3.8) is 0 Å². The molecule has 0 unspecified atom stereocenters. The zero-order valence-corrected chi connectivity index (χ0v) is 23.6. The van der Waals surface area contributed by atoms with E-state index in [1.165, 1.54) is 7.11 Å². The van der Waals surface area contributed by atoms with Crippen molar-refractivity contribution in [3.8, 4) is 5.88 Å². The number of pyridine rings is 2. The molecule has 39 heavy (non-hydrogen) atoms. The van der Waals surface area contributed by atoms with Gasteiger partial charge >= 0.3 is 12.1 Å². The fourth-order valence-electron chi connectivity index (χ4n) is 5.19. The standard InChI is InChI=1S/C27H36N8O4/c1-16-12-21(33-10-11-34(17(2)14-33)26(37)39-27(3,4)5)19-8-9-35(23(19)28-16)25(36)29-20-13-18-15-32(6)31-22(18)30-24(20)38-7/h12-13,15,17H,8-11,14H2,1-7H3,(H,29,36)/t17-/m0/s1. The first kappa shape index (κ1) is 26.5. The fraction of sp³-hybridized carbons (Fsp3) is 0.519. The number of nitrogens with zero attached hydrogens (tertiary/aromatic N) is 7. The Morgan fingerprint density at radius 1 is 1.13 bits per heavy atom. The number of rotatable bonds is 3. The number of urea groups is 1. The van der Waals surface area contributed by atoms with Crippen LogP contribution in [0.1, 0.15) is 39.0 Å². The van der Waals surface area contributed by atoms with Crippen LogP contribution in [-0.4, -0.2) is 81.7 Å². The zero-order valence-electron chi connectivity index (χ0n) is 23.6. The van der Waals surface area contributed by atoms with Gasteiger partial charge in [0.05, 0.1) is 7.11 Å². The van der Waals surface area contributed by atoms with Crippen molar-refractivity contribution < 1.29 is 19.1 Å². The van der Waals surface area contributed by atoms with Crippen molar-refractivity contribution >= 4 is 40.4 Å². The highest BCUT2D eigenvalue weighted by molar-refractivity contribution is 6.04. The largest absolute Gasteiger partial charge is 0.479 e. The van der Waals surface area contributed by atoms with E-state index in [1.54, 1.807) is 14.5 Å². The van der Waals surface area contributed by atoms with Gasteiger partial charge in [-0.1, -0.05) is 0 Å². The third-order valence-corrected chi connectivity index (χ3v) is 6.90. The van der Waals surface area contributed by atoms with Crippen molar-refractivity contribution in [1.29, 1.82) is 0 Å². The van der Waals surface area contributed by atoms with Crippen molar-refractivity contribution in [2.45, 2.75) is 52.7 Å². The number of piperazine rings is 1. The fourth-order valence-corrected chi connectivity index (χ4v) is 5.19. The minimum atomic E-state index is -0.537. The van der Waals surface area contributed by atoms with Gasteiger partial charge < -0.3 is 24.6 Å². The molecule has 3 aromatic rings. The van der Waals surface area contributed by atoms with Gasteiger partial charge in [0.25, 0.3) is 0 Å². The highest BCUT2D eigenvalue weighted by Crippen LogP contribution is 2.37. The van der Waals surface area contributed by atoms with Gasteiger partial charge in [0.1, 0.15) is 17.1 Å². The minimum absolute atomic E-state index is 0.0270. The van der Waals surface area contributed by atoms with Crippen LogP contribution in [0.5, 0.6) is 5.88 Å². The number of aromatic nitrogens is 4. The lowest BCUT2D eigenvalue weighted by Gasteiger charge is -2.41. The van der Waals surface area contributed by atoms with E-state index in [2.05, 4.69) is 26.4 Å². The molecule has 1 N–H and O–H groups in total. The molecule has 0 radical (unpaired) electrons. The molecule has 0 aliphatic carbocycles. The molecule has 2 aliphatic heterocycles. The highest BCUT2D eigenvalue weighted by atomic mass is 16.6. The van der Waals surface area contributed by atoms with E-state index >= 15 is 0 Å². The molecule has 1 atom stereocenters. The Morgan fingerprint density at radius 3 is 2.59 bits per heavy atom. The summed E-state index contributed by atoms with van der Waals surface area (Å²) in [6, 6.07) is 3.55. The molecule has 5 heterocycles. The van der Waals surface area contributed by atoms with E-state index in [0.29, 0.717) is 55.6 Å². The van der Waals surface area contributed by atoms with Gasteiger partial charge in [-0.05, 0) is 53.2 Å². The third kappa shape index (κ3) is 5.27. The first-order valence-electron chi connectivity index (χ1n) is 13.2. The molecule has 12 heteroatoms. The number of nitrogens with one attached hydrogen (secondary N) is 1. The highest BCUT2D eigenvalue weighted by Gasteiger charge is 2.35. The van der Waals surface area contributed by atoms with Crippen molar-refractivity contribution in [3.05, 3.63) is 29.6 Å². The molecule has 0 spiro atoms. The van der Waals surface area contributed by atoms with Gasteiger partial charge in [-0.25, -0.2) is 14.6 Å². The molecular weight excluding hydrogens is 500 g/mol. The van der Waals surface area contributed by atoms with Crippen molar-refractivity contribution in [2.24, 2.45) is 7.05 Å². The first-order chi connectivity index (χ1) is 18.4. The minimum Gasteiger partial charge on any atom is -0.479 e. The summed E-state index contributed by atoms with van der Waals surface area (Å²) in [5.74, 6) is 0.947. The molecular formula is C27H36N8O4. The van der Waals surface area contributed by atoms with E-state index in [1.807, 2.05) is 53.9 Å². The summed E-state index contributed by atoms with van der Waals surface area (Å²) in [5.41, 5.74) is 3.38. The number of hydrogen-bond acceptors (Lipinski definition) is 8. The summed E-state index contributed by atoms with van der Waals surface area (Å²) >= 11 is 0. The maximum absolute atomic E-state index is 13.5. The van der Waals surface area contributed by atoms with Crippen molar-refractivity contribution in [2.75, 3.05) is 48.4 Å². The molecule has 208 valence electrons. The molecule has 0 saturated carbocycles. The summed E-state index contributed by atoms with van der Waals surface area (Å²) in [6.07, 6.45) is 2.23. The Balaban J connectivity index is 1.36. The first-order valence-corrected chi connectivity index (χ1v) is 13.2. The quantitative estimate of drug-likeness (QED) is 0.538. The molecule has 3 amide bonds. The molecule has 12 nitrogen and oxygen atoms in total. The predicted octanol–water partition coefficient (Wildman–Crippen LogP) is 3.72. The average Bonchev–Trinajstić information content (AvgIpc) is 3.43. The normalized spacial score (nSPS) is 17.4. The number of carbonyl (C=O) groups excluding carboxylic acids is 2. The van der Waals surface area contributed by atoms with Crippen LogP contribution >= 0.6 is 0 Å². The van der Waals surface area contributed by atoms with E-state index < -0.39 is 5.60 Å². The van der Waals surface area contributed by atoms with Gasteiger partial charge in [0.2, 0.25) is 5.88 Å². The maximum atomic E-state index is 13.5. The lowest BCUT2D eigenvalue weighted by atomic mass is 10.1. The Bertz CT molecular complexity index is 1430. The monoisotopic (exact) mass is 536 g/mol. The second-order valence-electron chi connectivity index (χ2n) is 11.1. The maximum Gasteiger partial charge on any atom is 0.410 e. The molecule has 1 fully saturated rings. The zero-order chi connectivity index (χ0) is 28.1. The average molecular weight is 537 g/mol. The Morgan fingerprint density at radius 2 is 1.90 bits per heavy atom. The van der Waals surface area contributed by atoms with Gasteiger partial charge in [0.15, 0.2) is 5.65 Å². The van der Waals surface area contributed by atoms with E-state index in [0.717, 1.165) is 22.3 Å². The van der Waals surface area contributed by atoms with Crippen LogP contribution in [0.25, 0.3) is 11.0 Å². The van der Waals surface area contributed by atoms with Crippen LogP contribution < -0.4 is 19.9 Å². The number of carbonyl (C=O) groups is 2. The second-order valence-corrected chi connectivity index (χ2v) is 11.1. The van der Waals surface area contributed by atoms with E-state index in [4.69, 9.17) is 14.5 Å². The summed E-state index contributed by atoms with van der Waals surface area (Å²) in [4.78, 5) is 41.1. The molecule has 1 saturated heterocycles. The number of aryl methyl sites for hydroxylation is 2. The van der Waals surface area contributed by atoms with Gasteiger partial charge in [-0.2, -0.15) is 10.1 Å². The van der Waals surface area contributed by atoms with Crippen LogP contribution in [0.2, 0.25) is 0 Å². The number of fused-ring (bicyclic) bond motifs is 2. The Hall–Kier alpha value is -4.09. The third-order valence-electron chi connectivity index (χ3n) is 6.90. The molecule has 5 rings (SSSR count). The van der Waals surface area contributed by atoms with E-state index in [-0.39, 0.29) is 18.2 Å². The number of anilines is 3. The lowest BCUT2D eigenvalue weighted by molar-refractivity contribution is 0.0159. The van der Waals surface area contributed by atoms with Gasteiger partial charge in [-0.3, -0.25) is 9.58 Å². The summed E-state index contributed by atoms with van der Waals surface area (Å²) in [6.45, 7) is 12.0. The Kier molecular flexibility index (Phi) is 6.73. The van der Waals surface area contributed by atoms with Crippen LogP contribution in [0, 0.1) is 6.92 Å². The molecule has 3 aromatic heterocycles. The van der Waals surface area contributed by atoms with Gasteiger partial charge in [-0.15, -0.1) is 0 Å². The number of amides is 3. The van der Waals surface area contributed by atoms with Crippen molar-refractivity contribution in [1.82, 2.24) is 24.6 Å². The smallest absolute Gasteiger partial charge is 0.410 e. The van der Waals surface area contributed by atoms with Crippen LogP contribution in [0.15, 0.2) is 18.3 Å². The number of ether oxygens (including phenoxy) is 2. The summed E-state index contributed by atoms with van der Waals surface area (Å²) in [7, 11) is 3.33. The lowest BCUT2D eigenvalue weighted by Crippen LogP contribution is -2.55. The summed E-state index contributed by atoms with van der Waals surface area (Å²) < 4.78 is 12.7. The van der Waals surface area contributed by atoms with E-state index in [9.17, 15) is 9.59 Å². The molecule has 0 aromatic carbocycles. The summed E-state index contributed by atoms with van der Waals surface area (Å²) in [5, 5.41) is 8.06. The predicted molar refractivity (Wildman–Crippen MR) is 149 cm³/mol. The number of hydrogen-bond donors (Lipinski definition) is 1.